The topological polar surface area (TPSA) is 135 Å². The number of nitrogens with one attached hydrogen (secondary N) is 2. The molecule has 1 aliphatic rings. The van der Waals surface area contributed by atoms with Gasteiger partial charge in [-0.2, -0.15) is 0 Å². The van der Waals surface area contributed by atoms with E-state index in [0.717, 1.165) is 26.3 Å². The molecule has 0 saturated heterocycles. The fourth-order valence-corrected chi connectivity index (χ4v) is 4.23. The smallest absolute Gasteiger partial charge is 0.331 e. The molecule has 10 nitrogen and oxygen atoms in total. The van der Waals surface area contributed by atoms with E-state index in [4.69, 9.17) is 9.47 Å². The van der Waals surface area contributed by atoms with Crippen LogP contribution >= 0.6 is 0 Å². The Morgan fingerprint density at radius 2 is 1.86 bits per heavy atom. The van der Waals surface area contributed by atoms with E-state index in [0.29, 0.717) is 36.6 Å². The van der Waals surface area contributed by atoms with Crippen LogP contribution in [0, 0.1) is 0 Å². The predicted octanol–water partition coefficient (Wildman–Crippen LogP) is 0.853. The standard InChI is InChI=1S/C27H28N4O6/c1-16(32)28-12-10-19-18-6-4-5-7-21(18)29-22(19)15-20-25(33)30-27(35)31(26(20)34)13-11-17-8-9-23(36-2)24(14-17)37-3/h4-9,14-15,34H,10-13H2,1-3H3,(H,28,32)(H,30,33,35). The number of rotatable bonds is 9. The molecule has 0 aliphatic carbocycles. The number of methoxy groups -OCH3 is 2. The number of aryl methyl sites for hydroxylation is 1. The number of aromatic nitrogens is 2. The van der Waals surface area contributed by atoms with Gasteiger partial charge in [0.05, 0.1) is 25.3 Å². The summed E-state index contributed by atoms with van der Waals surface area (Å²) in [5.74, 6) is 0.531. The van der Waals surface area contributed by atoms with E-state index in [1.807, 2.05) is 30.3 Å². The number of ether oxygens (including phenoxy) is 2. The van der Waals surface area contributed by atoms with Crippen molar-refractivity contribution in [3.05, 3.63) is 90.7 Å². The zero-order valence-corrected chi connectivity index (χ0v) is 20.8. The molecule has 192 valence electrons. The van der Waals surface area contributed by atoms with Crippen LogP contribution in [-0.4, -0.2) is 41.3 Å². The molecule has 3 aromatic rings. The Bertz CT molecular complexity index is 1620. The van der Waals surface area contributed by atoms with Gasteiger partial charge in [-0.3, -0.25) is 19.1 Å². The summed E-state index contributed by atoms with van der Waals surface area (Å²) < 4.78 is 11.7. The van der Waals surface area contributed by atoms with Gasteiger partial charge in [0, 0.05) is 25.2 Å². The van der Waals surface area contributed by atoms with Crippen molar-refractivity contribution < 1.29 is 19.4 Å². The second kappa shape index (κ2) is 11.0. The maximum Gasteiger partial charge on any atom is 0.331 e. The summed E-state index contributed by atoms with van der Waals surface area (Å²) in [6, 6.07) is 12.9. The normalized spacial score (nSPS) is 13.3. The quantitative estimate of drug-likeness (QED) is 0.396. The van der Waals surface area contributed by atoms with Crippen LogP contribution in [0.15, 0.2) is 62.7 Å². The molecule has 0 atom stereocenters. The Balaban J connectivity index is 1.69. The predicted molar refractivity (Wildman–Crippen MR) is 138 cm³/mol. The number of hydrogen-bond acceptors (Lipinski definition) is 7. The minimum atomic E-state index is -0.718. The number of hydrogen-bond donors (Lipinski definition) is 3. The highest BCUT2D eigenvalue weighted by molar-refractivity contribution is 5.77. The van der Waals surface area contributed by atoms with Gasteiger partial charge in [0.15, 0.2) is 11.5 Å². The van der Waals surface area contributed by atoms with Gasteiger partial charge in [-0.15, -0.1) is 0 Å². The van der Waals surface area contributed by atoms with Crippen molar-refractivity contribution >= 4 is 17.6 Å². The Labute approximate surface area is 212 Å². The van der Waals surface area contributed by atoms with Crippen LogP contribution in [-0.2, 0) is 17.8 Å². The SMILES string of the molecule is COc1ccc(CCn2c(O)c(C=C3N=c4ccccc4=C3CCNC(C)=O)c(=O)[nH]c2=O)cc1OC. The van der Waals surface area contributed by atoms with Crippen molar-refractivity contribution in [1.29, 1.82) is 0 Å². The number of carbonyl (C=O) groups is 1. The van der Waals surface area contributed by atoms with Crippen molar-refractivity contribution in [1.82, 2.24) is 14.9 Å². The summed E-state index contributed by atoms with van der Waals surface area (Å²) in [7, 11) is 3.08. The third-order valence-electron chi connectivity index (χ3n) is 6.09. The fourth-order valence-electron chi connectivity index (χ4n) is 4.23. The first-order valence-corrected chi connectivity index (χ1v) is 11.7. The fraction of sp³-hybridized carbons (Fsp3) is 0.259. The third-order valence-corrected chi connectivity index (χ3v) is 6.09. The number of carbonyl (C=O) groups excluding carboxylic acids is 1. The minimum Gasteiger partial charge on any atom is -0.494 e. The number of aromatic amines is 1. The molecule has 0 fully saturated rings. The van der Waals surface area contributed by atoms with Crippen LogP contribution in [0.3, 0.4) is 0 Å². The highest BCUT2D eigenvalue weighted by Gasteiger charge is 2.18. The van der Waals surface area contributed by atoms with Crippen molar-refractivity contribution in [2.45, 2.75) is 26.3 Å². The molecule has 2 aromatic carbocycles. The maximum absolute atomic E-state index is 12.7. The first kappa shape index (κ1) is 25.5. The molecule has 3 N–H and O–H groups in total. The number of fused-ring (bicyclic) bond motifs is 1. The molecular formula is C27H28N4O6. The van der Waals surface area contributed by atoms with Gasteiger partial charge >= 0.3 is 5.69 Å². The zero-order valence-electron chi connectivity index (χ0n) is 20.8. The highest BCUT2D eigenvalue weighted by atomic mass is 16.5. The first-order chi connectivity index (χ1) is 17.8. The van der Waals surface area contributed by atoms with Gasteiger partial charge < -0.3 is 19.9 Å². The molecule has 1 aromatic heterocycles. The summed E-state index contributed by atoms with van der Waals surface area (Å²) in [4.78, 5) is 43.5. The van der Waals surface area contributed by atoms with E-state index >= 15 is 0 Å². The molecule has 1 aliphatic heterocycles. The van der Waals surface area contributed by atoms with Crippen molar-refractivity contribution in [2.24, 2.45) is 4.99 Å². The van der Waals surface area contributed by atoms with E-state index < -0.39 is 17.1 Å². The lowest BCUT2D eigenvalue weighted by molar-refractivity contribution is -0.118. The largest absolute Gasteiger partial charge is 0.494 e. The summed E-state index contributed by atoms with van der Waals surface area (Å²) in [6.07, 6.45) is 2.34. The monoisotopic (exact) mass is 504 g/mol. The Morgan fingerprint density at radius 1 is 1.11 bits per heavy atom. The van der Waals surface area contributed by atoms with Gasteiger partial charge in [0.2, 0.25) is 11.8 Å². The van der Waals surface area contributed by atoms with Crippen LogP contribution < -0.4 is 36.6 Å². The molecule has 1 amide bonds. The molecule has 37 heavy (non-hydrogen) atoms. The number of para-hydroxylation sites is 1. The number of allylic oxidation sites excluding steroid dienone is 1. The third kappa shape index (κ3) is 5.48. The molecule has 10 heteroatoms. The average Bonchev–Trinajstić information content (AvgIpc) is 3.23. The van der Waals surface area contributed by atoms with E-state index in [9.17, 15) is 19.5 Å². The summed E-state index contributed by atoms with van der Waals surface area (Å²) in [5, 5.41) is 15.3. The minimum absolute atomic E-state index is 0.0736. The lowest BCUT2D eigenvalue weighted by Crippen LogP contribution is -2.32. The first-order valence-electron chi connectivity index (χ1n) is 11.7. The molecule has 0 saturated carbocycles. The Kier molecular flexibility index (Phi) is 7.57. The Hall–Kier alpha value is -4.60. The maximum atomic E-state index is 12.7. The van der Waals surface area contributed by atoms with Crippen molar-refractivity contribution in [3.8, 4) is 17.4 Å². The molecule has 0 bridgehead atoms. The zero-order chi connectivity index (χ0) is 26.5. The van der Waals surface area contributed by atoms with Gasteiger partial charge in [-0.05, 0) is 48.3 Å². The average molecular weight is 505 g/mol. The van der Waals surface area contributed by atoms with E-state index in [1.165, 1.54) is 20.1 Å². The second-order valence-corrected chi connectivity index (χ2v) is 8.46. The highest BCUT2D eigenvalue weighted by Crippen LogP contribution is 2.28. The van der Waals surface area contributed by atoms with Crippen LogP contribution in [0.2, 0.25) is 0 Å². The summed E-state index contributed by atoms with van der Waals surface area (Å²) >= 11 is 0. The molecule has 0 unspecified atom stereocenters. The van der Waals surface area contributed by atoms with Gasteiger partial charge in [0.1, 0.15) is 5.56 Å². The number of benzene rings is 2. The Morgan fingerprint density at radius 3 is 2.59 bits per heavy atom. The number of amides is 1. The second-order valence-electron chi connectivity index (χ2n) is 8.46. The van der Waals surface area contributed by atoms with Crippen molar-refractivity contribution in [2.75, 3.05) is 20.8 Å². The van der Waals surface area contributed by atoms with E-state index in [1.54, 1.807) is 19.2 Å². The van der Waals surface area contributed by atoms with Gasteiger partial charge in [-0.25, -0.2) is 9.79 Å². The van der Waals surface area contributed by atoms with Crippen LogP contribution in [0.1, 0.15) is 24.5 Å². The van der Waals surface area contributed by atoms with Gasteiger partial charge in [-0.1, -0.05) is 24.3 Å². The summed E-state index contributed by atoms with van der Waals surface area (Å²) in [5.41, 5.74) is 0.653. The van der Waals surface area contributed by atoms with Crippen molar-refractivity contribution in [3.63, 3.8) is 0 Å². The molecule has 0 radical (unpaired) electrons. The van der Waals surface area contributed by atoms with Crippen LogP contribution in [0.25, 0.3) is 11.6 Å². The van der Waals surface area contributed by atoms with Gasteiger partial charge in [0.25, 0.3) is 5.56 Å². The molecule has 4 rings (SSSR count). The van der Waals surface area contributed by atoms with Crippen LogP contribution in [0.5, 0.6) is 17.4 Å². The number of aromatic hydroxyl groups is 1. The molecule has 2 heterocycles. The van der Waals surface area contributed by atoms with Crippen LogP contribution in [0.4, 0.5) is 0 Å². The summed E-state index contributed by atoms with van der Waals surface area (Å²) in [6.45, 7) is 1.94. The number of H-pyrrole nitrogens is 1. The lowest BCUT2D eigenvalue weighted by Gasteiger charge is -2.12. The molecule has 0 spiro atoms. The lowest BCUT2D eigenvalue weighted by atomic mass is 10.1. The number of nitrogens with zero attached hydrogens (tertiary/aromatic N) is 2. The van der Waals surface area contributed by atoms with E-state index in [-0.39, 0.29) is 18.0 Å². The van der Waals surface area contributed by atoms with E-state index in [2.05, 4.69) is 15.3 Å². The molecular weight excluding hydrogens is 476 g/mol.